The molecule has 0 aliphatic rings. The molecule has 0 amide bonds. The Labute approximate surface area is 151 Å². The van der Waals surface area contributed by atoms with Crippen molar-refractivity contribution in [1.29, 1.82) is 0 Å². The second kappa shape index (κ2) is 9.02. The molecule has 0 fully saturated rings. The number of benzene rings is 2. The van der Waals surface area contributed by atoms with Crippen LogP contribution in [0.25, 0.3) is 0 Å². The molecule has 0 heterocycles. The molecule has 0 saturated carbocycles. The Morgan fingerprint density at radius 2 is 1.60 bits per heavy atom. The monoisotopic (exact) mass is 361 g/mol. The Morgan fingerprint density at radius 3 is 2.16 bits per heavy atom. The van der Waals surface area contributed by atoms with Gasteiger partial charge in [-0.15, -0.1) is 0 Å². The van der Waals surface area contributed by atoms with E-state index in [0.29, 0.717) is 12.3 Å². The zero-order valence-corrected chi connectivity index (χ0v) is 16.0. The largest absolute Gasteiger partial charge is 0.492 e. The van der Waals surface area contributed by atoms with Crippen LogP contribution in [0.2, 0.25) is 0 Å². The van der Waals surface area contributed by atoms with Crippen molar-refractivity contribution in [2.75, 3.05) is 12.4 Å². The van der Waals surface area contributed by atoms with Gasteiger partial charge in [-0.3, -0.25) is 0 Å². The van der Waals surface area contributed by atoms with Crippen LogP contribution >= 0.6 is 0 Å². The number of aryl methyl sites for hydroxylation is 1. The minimum atomic E-state index is -3.39. The summed E-state index contributed by atoms with van der Waals surface area (Å²) in [6.45, 7) is 6.41. The predicted molar refractivity (Wildman–Crippen MR) is 102 cm³/mol. The maximum atomic E-state index is 12.7. The van der Waals surface area contributed by atoms with Crippen LogP contribution in [-0.4, -0.2) is 31.1 Å². The Morgan fingerprint density at radius 1 is 0.960 bits per heavy atom. The summed E-state index contributed by atoms with van der Waals surface area (Å²) in [4.78, 5) is 0. The molecule has 5 heteroatoms. The molecule has 0 N–H and O–H groups in total. The van der Waals surface area contributed by atoms with Crippen LogP contribution in [0.5, 0.6) is 5.75 Å². The Hall–Kier alpha value is -1.85. The normalized spacial score (nSPS) is 11.9. The summed E-state index contributed by atoms with van der Waals surface area (Å²) in [5, 5.41) is 0. The quantitative estimate of drug-likeness (QED) is 0.681. The van der Waals surface area contributed by atoms with E-state index in [2.05, 4.69) is 6.92 Å². The van der Waals surface area contributed by atoms with Gasteiger partial charge in [0.15, 0.2) is 0 Å². The minimum Gasteiger partial charge on any atom is -0.492 e. The first-order valence-corrected chi connectivity index (χ1v) is 10.3. The van der Waals surface area contributed by atoms with Crippen molar-refractivity contribution in [2.45, 2.75) is 39.8 Å². The second-order valence-corrected chi connectivity index (χ2v) is 8.33. The fraction of sp³-hybridized carbons (Fsp3) is 0.400. The van der Waals surface area contributed by atoms with Gasteiger partial charge in [-0.25, -0.2) is 8.42 Å². The zero-order valence-electron chi connectivity index (χ0n) is 15.2. The first-order chi connectivity index (χ1) is 11.9. The van der Waals surface area contributed by atoms with E-state index in [-0.39, 0.29) is 18.4 Å². The molecule has 0 unspecified atom stereocenters. The lowest BCUT2D eigenvalue weighted by atomic mass is 10.2. The third kappa shape index (κ3) is 5.87. The van der Waals surface area contributed by atoms with E-state index in [1.165, 1.54) is 9.87 Å². The highest BCUT2D eigenvalue weighted by Gasteiger charge is 2.25. The van der Waals surface area contributed by atoms with Crippen LogP contribution in [0.1, 0.15) is 31.9 Å². The van der Waals surface area contributed by atoms with Gasteiger partial charge >= 0.3 is 0 Å². The number of hydrogen-bond acceptors (Lipinski definition) is 3. The lowest BCUT2D eigenvalue weighted by Gasteiger charge is -2.26. The maximum absolute atomic E-state index is 12.7. The van der Waals surface area contributed by atoms with Gasteiger partial charge in [0.25, 0.3) is 0 Å². The Kier molecular flexibility index (Phi) is 7.02. The van der Waals surface area contributed by atoms with Crippen molar-refractivity contribution in [3.8, 4) is 5.75 Å². The molecule has 0 radical (unpaired) electrons. The van der Waals surface area contributed by atoms with Crippen molar-refractivity contribution >= 4 is 10.0 Å². The maximum Gasteiger partial charge on any atom is 0.217 e. The standard InChI is InChI=1S/C20H27NO3S/c1-4-18-10-12-20(13-11-18)24-14-15-25(22,23)21(17(2)3)16-19-8-6-5-7-9-19/h5-13,17H,4,14-16H2,1-3H3. The van der Waals surface area contributed by atoms with Gasteiger partial charge in [0.2, 0.25) is 10.0 Å². The van der Waals surface area contributed by atoms with Crippen molar-refractivity contribution in [1.82, 2.24) is 4.31 Å². The van der Waals surface area contributed by atoms with Crippen LogP contribution < -0.4 is 4.74 Å². The van der Waals surface area contributed by atoms with Gasteiger partial charge < -0.3 is 4.74 Å². The molecule has 0 aliphatic heterocycles. The zero-order chi connectivity index (χ0) is 18.3. The highest BCUT2D eigenvalue weighted by atomic mass is 32.2. The molecule has 0 saturated heterocycles. The number of hydrogen-bond donors (Lipinski definition) is 0. The molecule has 4 nitrogen and oxygen atoms in total. The number of ether oxygens (including phenoxy) is 1. The van der Waals surface area contributed by atoms with Gasteiger partial charge in [-0.2, -0.15) is 4.31 Å². The highest BCUT2D eigenvalue weighted by molar-refractivity contribution is 7.89. The summed E-state index contributed by atoms with van der Waals surface area (Å²) in [6.07, 6.45) is 0.970. The van der Waals surface area contributed by atoms with E-state index < -0.39 is 10.0 Å². The van der Waals surface area contributed by atoms with Gasteiger partial charge in [0.05, 0.1) is 5.75 Å². The van der Waals surface area contributed by atoms with Gasteiger partial charge in [-0.1, -0.05) is 49.4 Å². The van der Waals surface area contributed by atoms with Crippen molar-refractivity contribution in [2.24, 2.45) is 0 Å². The average Bonchev–Trinajstić information content (AvgIpc) is 2.60. The topological polar surface area (TPSA) is 46.6 Å². The highest BCUT2D eigenvalue weighted by Crippen LogP contribution is 2.16. The molecule has 0 aliphatic carbocycles. The molecule has 0 aromatic heterocycles. The molecular formula is C20H27NO3S. The van der Waals surface area contributed by atoms with E-state index in [1.54, 1.807) is 0 Å². The smallest absolute Gasteiger partial charge is 0.217 e. The fourth-order valence-electron chi connectivity index (χ4n) is 2.57. The first-order valence-electron chi connectivity index (χ1n) is 8.67. The van der Waals surface area contributed by atoms with Crippen molar-refractivity contribution in [3.63, 3.8) is 0 Å². The summed E-state index contributed by atoms with van der Waals surface area (Å²) in [5.41, 5.74) is 2.21. The van der Waals surface area contributed by atoms with Crippen LogP contribution in [0, 0.1) is 0 Å². The molecule has 0 atom stereocenters. The summed E-state index contributed by atoms with van der Waals surface area (Å²) in [6, 6.07) is 17.3. The molecule has 2 aromatic carbocycles. The molecule has 25 heavy (non-hydrogen) atoms. The van der Waals surface area contributed by atoms with Crippen LogP contribution in [-0.2, 0) is 23.0 Å². The summed E-state index contributed by atoms with van der Waals surface area (Å²) in [7, 11) is -3.39. The number of nitrogens with zero attached hydrogens (tertiary/aromatic N) is 1. The van der Waals surface area contributed by atoms with E-state index in [0.717, 1.165) is 12.0 Å². The molecule has 0 bridgehead atoms. The average molecular weight is 362 g/mol. The fourth-order valence-corrected chi connectivity index (χ4v) is 4.09. The van der Waals surface area contributed by atoms with E-state index in [9.17, 15) is 8.42 Å². The van der Waals surface area contributed by atoms with E-state index in [4.69, 9.17) is 4.74 Å². The summed E-state index contributed by atoms with van der Waals surface area (Å²) < 4.78 is 32.6. The molecule has 2 rings (SSSR count). The lowest BCUT2D eigenvalue weighted by Crippen LogP contribution is -2.39. The minimum absolute atomic E-state index is 0.0342. The SMILES string of the molecule is CCc1ccc(OCCS(=O)(=O)N(Cc2ccccc2)C(C)C)cc1. The second-order valence-electron chi connectivity index (χ2n) is 6.29. The molecule has 0 spiro atoms. The number of rotatable bonds is 9. The Bertz CT molecular complexity index is 740. The molecule has 136 valence electrons. The van der Waals surface area contributed by atoms with Gasteiger partial charge in [0, 0.05) is 12.6 Å². The van der Waals surface area contributed by atoms with Crippen molar-refractivity contribution in [3.05, 3.63) is 65.7 Å². The third-order valence-corrected chi connectivity index (χ3v) is 6.00. The molecule has 2 aromatic rings. The third-order valence-electron chi connectivity index (χ3n) is 4.06. The van der Waals surface area contributed by atoms with Gasteiger partial charge in [0.1, 0.15) is 12.4 Å². The van der Waals surface area contributed by atoms with Crippen LogP contribution in [0.15, 0.2) is 54.6 Å². The van der Waals surface area contributed by atoms with Crippen molar-refractivity contribution < 1.29 is 13.2 Å². The van der Waals surface area contributed by atoms with Crippen LogP contribution in [0.3, 0.4) is 0 Å². The predicted octanol–water partition coefficient (Wildman–Crippen LogP) is 3.87. The number of sulfonamides is 1. The summed E-state index contributed by atoms with van der Waals surface area (Å²) >= 11 is 0. The summed E-state index contributed by atoms with van der Waals surface area (Å²) in [5.74, 6) is 0.666. The first kappa shape index (κ1) is 19.5. The van der Waals surface area contributed by atoms with E-state index >= 15 is 0 Å². The van der Waals surface area contributed by atoms with Gasteiger partial charge in [-0.05, 0) is 43.5 Å². The van der Waals surface area contributed by atoms with Crippen LogP contribution in [0.4, 0.5) is 0 Å². The molecular weight excluding hydrogens is 334 g/mol. The van der Waals surface area contributed by atoms with E-state index in [1.807, 2.05) is 68.4 Å². The lowest BCUT2D eigenvalue weighted by molar-refractivity contribution is 0.320. The Balaban J connectivity index is 1.97.